The SMILES string of the molecule is CNC1CCC2(CC1)CC2(F)F. The summed E-state index contributed by atoms with van der Waals surface area (Å²) in [6.45, 7) is 0. The molecular weight excluding hydrogens is 160 g/mol. The quantitative estimate of drug-likeness (QED) is 0.644. The van der Waals surface area contributed by atoms with Gasteiger partial charge in [0, 0.05) is 17.9 Å². The van der Waals surface area contributed by atoms with Gasteiger partial charge < -0.3 is 5.32 Å². The van der Waals surface area contributed by atoms with Crippen molar-refractivity contribution in [1.29, 1.82) is 0 Å². The third kappa shape index (κ3) is 1.06. The zero-order valence-electron chi connectivity index (χ0n) is 7.37. The van der Waals surface area contributed by atoms with Crippen molar-refractivity contribution >= 4 is 0 Å². The molecule has 0 aliphatic heterocycles. The maximum atomic E-state index is 12.9. The van der Waals surface area contributed by atoms with Crippen LogP contribution in [0.25, 0.3) is 0 Å². The summed E-state index contributed by atoms with van der Waals surface area (Å²) in [5, 5.41) is 3.15. The van der Waals surface area contributed by atoms with Gasteiger partial charge in [0.2, 0.25) is 0 Å². The van der Waals surface area contributed by atoms with Crippen LogP contribution < -0.4 is 5.32 Å². The van der Waals surface area contributed by atoms with Gasteiger partial charge >= 0.3 is 0 Å². The van der Waals surface area contributed by atoms with Gasteiger partial charge in [-0.3, -0.25) is 0 Å². The van der Waals surface area contributed by atoms with Gasteiger partial charge in [-0.15, -0.1) is 0 Å². The Bertz CT molecular complexity index is 183. The summed E-state index contributed by atoms with van der Waals surface area (Å²) >= 11 is 0. The lowest BCUT2D eigenvalue weighted by Crippen LogP contribution is -2.32. The van der Waals surface area contributed by atoms with E-state index in [0.29, 0.717) is 18.9 Å². The van der Waals surface area contributed by atoms with E-state index in [1.54, 1.807) is 0 Å². The van der Waals surface area contributed by atoms with Gasteiger partial charge in [-0.05, 0) is 32.7 Å². The van der Waals surface area contributed by atoms with E-state index in [2.05, 4.69) is 5.32 Å². The summed E-state index contributed by atoms with van der Waals surface area (Å²) in [6, 6.07) is 0.479. The number of hydrogen-bond donors (Lipinski definition) is 1. The Morgan fingerprint density at radius 2 is 1.75 bits per heavy atom. The third-order valence-electron chi connectivity index (χ3n) is 3.56. The lowest BCUT2D eigenvalue weighted by atomic mass is 9.83. The normalized spacial score (nSPS) is 44.8. The molecule has 70 valence electrons. The lowest BCUT2D eigenvalue weighted by molar-refractivity contribution is 0.0443. The van der Waals surface area contributed by atoms with E-state index in [9.17, 15) is 8.78 Å². The molecule has 0 unspecified atom stereocenters. The molecule has 2 saturated carbocycles. The number of alkyl halides is 2. The van der Waals surface area contributed by atoms with E-state index in [0.717, 1.165) is 12.8 Å². The first-order valence-electron chi connectivity index (χ1n) is 4.65. The highest BCUT2D eigenvalue weighted by Crippen LogP contribution is 2.67. The van der Waals surface area contributed by atoms with Crippen molar-refractivity contribution in [1.82, 2.24) is 5.32 Å². The van der Waals surface area contributed by atoms with Crippen molar-refractivity contribution in [3.63, 3.8) is 0 Å². The first-order valence-corrected chi connectivity index (χ1v) is 4.65. The molecule has 0 bridgehead atoms. The van der Waals surface area contributed by atoms with Crippen molar-refractivity contribution in [2.45, 2.75) is 44.1 Å². The monoisotopic (exact) mass is 175 g/mol. The van der Waals surface area contributed by atoms with Crippen LogP contribution in [-0.2, 0) is 0 Å². The second-order valence-electron chi connectivity index (χ2n) is 4.22. The minimum atomic E-state index is -2.33. The molecule has 0 saturated heterocycles. The smallest absolute Gasteiger partial charge is 0.254 e. The Hall–Kier alpha value is -0.180. The van der Waals surface area contributed by atoms with Crippen LogP contribution in [-0.4, -0.2) is 19.0 Å². The molecule has 0 aromatic carbocycles. The van der Waals surface area contributed by atoms with Crippen molar-refractivity contribution in [3.05, 3.63) is 0 Å². The second-order valence-corrected chi connectivity index (χ2v) is 4.22. The van der Waals surface area contributed by atoms with E-state index >= 15 is 0 Å². The largest absolute Gasteiger partial charge is 0.317 e. The van der Waals surface area contributed by atoms with Crippen LogP contribution >= 0.6 is 0 Å². The van der Waals surface area contributed by atoms with Crippen LogP contribution in [0.3, 0.4) is 0 Å². The lowest BCUT2D eigenvalue weighted by Gasteiger charge is -2.28. The molecule has 2 rings (SSSR count). The van der Waals surface area contributed by atoms with Crippen molar-refractivity contribution in [3.8, 4) is 0 Å². The standard InChI is InChI=1S/C9H15F2N/c1-12-7-2-4-8(5-3-7)6-9(8,10)11/h7,12H,2-6H2,1H3. The molecule has 1 spiro atoms. The van der Waals surface area contributed by atoms with Crippen molar-refractivity contribution < 1.29 is 8.78 Å². The number of halogens is 2. The molecule has 2 fully saturated rings. The molecular formula is C9H15F2N. The van der Waals surface area contributed by atoms with Gasteiger partial charge in [-0.1, -0.05) is 0 Å². The van der Waals surface area contributed by atoms with Crippen LogP contribution in [0.1, 0.15) is 32.1 Å². The second kappa shape index (κ2) is 2.41. The van der Waals surface area contributed by atoms with Crippen LogP contribution in [0.15, 0.2) is 0 Å². The van der Waals surface area contributed by atoms with E-state index in [-0.39, 0.29) is 6.42 Å². The first kappa shape index (κ1) is 8.42. The fraction of sp³-hybridized carbons (Fsp3) is 1.00. The van der Waals surface area contributed by atoms with Gasteiger partial charge in [0.05, 0.1) is 0 Å². The highest BCUT2D eigenvalue weighted by molar-refractivity contribution is 5.11. The number of nitrogens with one attached hydrogen (secondary N) is 1. The highest BCUT2D eigenvalue weighted by atomic mass is 19.3. The summed E-state index contributed by atoms with van der Waals surface area (Å²) in [6.07, 6.45) is 3.42. The maximum absolute atomic E-state index is 12.9. The van der Waals surface area contributed by atoms with Crippen LogP contribution in [0, 0.1) is 5.41 Å². The van der Waals surface area contributed by atoms with Gasteiger partial charge in [0.1, 0.15) is 0 Å². The summed E-state index contributed by atoms with van der Waals surface area (Å²) in [5.74, 6) is -2.33. The summed E-state index contributed by atoms with van der Waals surface area (Å²) in [4.78, 5) is 0. The number of rotatable bonds is 1. The molecule has 1 nitrogen and oxygen atoms in total. The van der Waals surface area contributed by atoms with E-state index in [4.69, 9.17) is 0 Å². The Kier molecular flexibility index (Phi) is 1.69. The fourth-order valence-corrected chi connectivity index (χ4v) is 2.38. The third-order valence-corrected chi connectivity index (χ3v) is 3.56. The molecule has 12 heavy (non-hydrogen) atoms. The molecule has 0 atom stereocenters. The Labute approximate surface area is 71.5 Å². The van der Waals surface area contributed by atoms with E-state index in [1.807, 2.05) is 7.05 Å². The predicted octanol–water partition coefficient (Wildman–Crippen LogP) is 2.17. The molecule has 2 aliphatic carbocycles. The molecule has 1 N–H and O–H groups in total. The summed E-state index contributed by atoms with van der Waals surface area (Å²) in [7, 11) is 1.91. The first-order chi connectivity index (χ1) is 5.60. The zero-order valence-corrected chi connectivity index (χ0v) is 7.37. The summed E-state index contributed by atoms with van der Waals surface area (Å²) in [5.41, 5.74) is -0.569. The molecule has 2 aliphatic rings. The van der Waals surface area contributed by atoms with Gasteiger partial charge in [0.15, 0.2) is 0 Å². The molecule has 3 heteroatoms. The minimum absolute atomic E-state index is 0.149. The van der Waals surface area contributed by atoms with Crippen molar-refractivity contribution in [2.75, 3.05) is 7.05 Å². The maximum Gasteiger partial charge on any atom is 0.254 e. The van der Waals surface area contributed by atoms with Gasteiger partial charge in [-0.2, -0.15) is 0 Å². The molecule has 0 amide bonds. The minimum Gasteiger partial charge on any atom is -0.317 e. The van der Waals surface area contributed by atoms with Gasteiger partial charge in [-0.25, -0.2) is 8.78 Å². The van der Waals surface area contributed by atoms with Gasteiger partial charge in [0.25, 0.3) is 5.92 Å². The zero-order chi connectivity index (χ0) is 8.82. The molecule has 0 heterocycles. The average molecular weight is 175 g/mol. The Morgan fingerprint density at radius 1 is 1.25 bits per heavy atom. The van der Waals surface area contributed by atoms with Crippen LogP contribution in [0.2, 0.25) is 0 Å². The van der Waals surface area contributed by atoms with Crippen molar-refractivity contribution in [2.24, 2.45) is 5.41 Å². The predicted molar refractivity (Wildman–Crippen MR) is 43.3 cm³/mol. The number of hydrogen-bond acceptors (Lipinski definition) is 1. The highest BCUT2D eigenvalue weighted by Gasteiger charge is 2.70. The molecule has 0 aromatic rings. The van der Waals surface area contributed by atoms with E-state index in [1.165, 1.54) is 0 Å². The summed E-state index contributed by atoms with van der Waals surface area (Å²) < 4.78 is 25.8. The van der Waals surface area contributed by atoms with Crippen LogP contribution in [0.4, 0.5) is 8.78 Å². The van der Waals surface area contributed by atoms with E-state index < -0.39 is 11.3 Å². The Balaban J connectivity index is 1.92. The Morgan fingerprint density at radius 3 is 2.08 bits per heavy atom. The average Bonchev–Trinajstić information content (AvgIpc) is 2.55. The molecule has 0 aromatic heterocycles. The molecule has 0 radical (unpaired) electrons. The topological polar surface area (TPSA) is 12.0 Å². The fourth-order valence-electron chi connectivity index (χ4n) is 2.38. The van der Waals surface area contributed by atoms with Crippen LogP contribution in [0.5, 0.6) is 0 Å².